The number of carbonyl (C=O) groups is 1. The average Bonchev–Trinajstić information content (AvgIpc) is 3.19. The first-order valence-corrected chi connectivity index (χ1v) is 9.91. The average molecular weight is 358 g/mol. The fourth-order valence-corrected chi connectivity index (χ4v) is 3.85. The molecule has 1 saturated heterocycles. The van der Waals surface area contributed by atoms with E-state index in [2.05, 4.69) is 51.5 Å². The highest BCUT2D eigenvalue weighted by Gasteiger charge is 2.25. The van der Waals surface area contributed by atoms with Crippen LogP contribution >= 0.6 is 11.3 Å². The number of amides is 1. The molecule has 2 aromatic rings. The van der Waals surface area contributed by atoms with Crippen molar-refractivity contribution in [1.82, 2.24) is 15.1 Å². The normalized spacial score (nSPS) is 17.3. The standard InChI is InChI=1S/C20H27N3OS/c1-17(20(24)21-16-19-8-5-15-25-19)23-13-11-22(12-14-23)10-9-18-6-3-2-4-7-18/h2-8,15,17H,9-14,16H2,1H3,(H,21,24). The highest BCUT2D eigenvalue weighted by Crippen LogP contribution is 2.10. The molecule has 0 aliphatic carbocycles. The zero-order chi connectivity index (χ0) is 17.5. The maximum Gasteiger partial charge on any atom is 0.237 e. The predicted molar refractivity (Wildman–Crippen MR) is 104 cm³/mol. The largest absolute Gasteiger partial charge is 0.350 e. The number of piperazine rings is 1. The van der Waals surface area contributed by atoms with Gasteiger partial charge in [-0.2, -0.15) is 0 Å². The maximum absolute atomic E-state index is 12.4. The minimum atomic E-state index is -0.0590. The summed E-state index contributed by atoms with van der Waals surface area (Å²) in [6.07, 6.45) is 1.09. The third-order valence-corrected chi connectivity index (χ3v) is 5.79. The van der Waals surface area contributed by atoms with Crippen molar-refractivity contribution in [3.8, 4) is 0 Å². The summed E-state index contributed by atoms with van der Waals surface area (Å²) in [6.45, 7) is 7.74. The van der Waals surface area contributed by atoms with Crippen LogP contribution in [-0.4, -0.2) is 54.5 Å². The number of hydrogen-bond donors (Lipinski definition) is 1. The molecule has 1 aliphatic rings. The number of carbonyl (C=O) groups excluding carboxylic acids is 1. The summed E-state index contributed by atoms with van der Waals surface area (Å²) in [5.74, 6) is 0.131. The van der Waals surface area contributed by atoms with Crippen LogP contribution < -0.4 is 5.32 Å². The van der Waals surface area contributed by atoms with Crippen LogP contribution in [0.1, 0.15) is 17.4 Å². The van der Waals surface area contributed by atoms with E-state index >= 15 is 0 Å². The molecule has 0 radical (unpaired) electrons. The molecule has 5 heteroatoms. The Morgan fingerprint density at radius 2 is 1.88 bits per heavy atom. The summed E-state index contributed by atoms with van der Waals surface area (Å²) in [4.78, 5) is 18.4. The zero-order valence-corrected chi connectivity index (χ0v) is 15.7. The van der Waals surface area contributed by atoms with Crippen LogP contribution in [0.4, 0.5) is 0 Å². The second-order valence-corrected chi connectivity index (χ2v) is 7.62. The lowest BCUT2D eigenvalue weighted by atomic mass is 10.1. The molecule has 1 N–H and O–H groups in total. The van der Waals surface area contributed by atoms with Crippen LogP contribution in [0.3, 0.4) is 0 Å². The molecule has 1 unspecified atom stereocenters. The Morgan fingerprint density at radius 3 is 2.56 bits per heavy atom. The highest BCUT2D eigenvalue weighted by molar-refractivity contribution is 7.09. The topological polar surface area (TPSA) is 35.6 Å². The molecule has 2 heterocycles. The van der Waals surface area contributed by atoms with E-state index in [0.717, 1.165) is 39.1 Å². The summed E-state index contributed by atoms with van der Waals surface area (Å²) in [6, 6.07) is 14.7. The van der Waals surface area contributed by atoms with Crippen LogP contribution in [0.5, 0.6) is 0 Å². The third-order valence-electron chi connectivity index (χ3n) is 4.91. The number of nitrogens with zero attached hydrogens (tertiary/aromatic N) is 2. The van der Waals surface area contributed by atoms with E-state index in [1.807, 2.05) is 18.4 Å². The number of rotatable bonds is 7. The Morgan fingerprint density at radius 1 is 1.12 bits per heavy atom. The van der Waals surface area contributed by atoms with Crippen LogP contribution in [0.25, 0.3) is 0 Å². The smallest absolute Gasteiger partial charge is 0.237 e. The van der Waals surface area contributed by atoms with E-state index in [1.54, 1.807) is 11.3 Å². The van der Waals surface area contributed by atoms with Crippen molar-refractivity contribution in [1.29, 1.82) is 0 Å². The minimum Gasteiger partial charge on any atom is -0.350 e. The second kappa shape index (κ2) is 9.13. The monoisotopic (exact) mass is 357 g/mol. The first-order valence-electron chi connectivity index (χ1n) is 9.03. The quantitative estimate of drug-likeness (QED) is 0.827. The van der Waals surface area contributed by atoms with Crippen LogP contribution in [0, 0.1) is 0 Å². The zero-order valence-electron chi connectivity index (χ0n) is 14.9. The Bertz CT molecular complexity index is 636. The minimum absolute atomic E-state index is 0.0590. The van der Waals surface area contributed by atoms with Gasteiger partial charge in [0, 0.05) is 37.6 Å². The van der Waals surface area contributed by atoms with Gasteiger partial charge in [0.05, 0.1) is 12.6 Å². The summed E-state index contributed by atoms with van der Waals surface area (Å²) < 4.78 is 0. The molecular formula is C20H27N3OS. The van der Waals surface area contributed by atoms with Crippen molar-refractivity contribution >= 4 is 17.2 Å². The summed E-state index contributed by atoms with van der Waals surface area (Å²) in [5.41, 5.74) is 1.39. The molecule has 1 aliphatic heterocycles. The SMILES string of the molecule is CC(C(=O)NCc1cccs1)N1CCN(CCc2ccccc2)CC1. The molecular weight excluding hydrogens is 330 g/mol. The highest BCUT2D eigenvalue weighted by atomic mass is 32.1. The Labute approximate surface area is 154 Å². The van der Waals surface area contributed by atoms with Crippen molar-refractivity contribution in [3.05, 3.63) is 58.3 Å². The summed E-state index contributed by atoms with van der Waals surface area (Å²) in [5, 5.41) is 5.10. The number of thiophene rings is 1. The molecule has 1 fully saturated rings. The van der Waals surface area contributed by atoms with E-state index in [4.69, 9.17) is 0 Å². The van der Waals surface area contributed by atoms with Crippen molar-refractivity contribution in [2.45, 2.75) is 25.9 Å². The number of hydrogen-bond acceptors (Lipinski definition) is 4. The van der Waals surface area contributed by atoms with E-state index in [9.17, 15) is 4.79 Å². The summed E-state index contributed by atoms with van der Waals surface area (Å²) in [7, 11) is 0. The molecule has 0 bridgehead atoms. The molecule has 25 heavy (non-hydrogen) atoms. The van der Waals surface area contributed by atoms with Gasteiger partial charge in [-0.05, 0) is 30.4 Å². The van der Waals surface area contributed by atoms with Gasteiger partial charge >= 0.3 is 0 Å². The molecule has 3 rings (SSSR count). The Hall–Kier alpha value is -1.69. The van der Waals surface area contributed by atoms with Crippen LogP contribution in [0.15, 0.2) is 47.8 Å². The molecule has 134 valence electrons. The Kier molecular flexibility index (Phi) is 6.62. The van der Waals surface area contributed by atoms with Gasteiger partial charge in [-0.25, -0.2) is 0 Å². The van der Waals surface area contributed by atoms with Crippen molar-refractivity contribution in [3.63, 3.8) is 0 Å². The molecule has 1 aromatic heterocycles. The molecule has 1 atom stereocenters. The Balaban J connectivity index is 1.38. The summed E-state index contributed by atoms with van der Waals surface area (Å²) >= 11 is 1.68. The van der Waals surface area contributed by atoms with Crippen molar-refractivity contribution in [2.75, 3.05) is 32.7 Å². The first-order chi connectivity index (χ1) is 12.2. The van der Waals surface area contributed by atoms with Crippen LogP contribution in [0.2, 0.25) is 0 Å². The van der Waals surface area contributed by atoms with Gasteiger partial charge in [0.25, 0.3) is 0 Å². The van der Waals surface area contributed by atoms with Gasteiger partial charge in [-0.3, -0.25) is 9.69 Å². The van der Waals surface area contributed by atoms with Gasteiger partial charge in [-0.1, -0.05) is 36.4 Å². The fourth-order valence-electron chi connectivity index (χ4n) is 3.21. The first kappa shape index (κ1) is 18.1. The van der Waals surface area contributed by atoms with Gasteiger partial charge < -0.3 is 10.2 Å². The van der Waals surface area contributed by atoms with E-state index in [0.29, 0.717) is 6.54 Å². The van der Waals surface area contributed by atoms with Crippen molar-refractivity contribution in [2.24, 2.45) is 0 Å². The lowest BCUT2D eigenvalue weighted by Gasteiger charge is -2.37. The van der Waals surface area contributed by atoms with E-state index in [-0.39, 0.29) is 11.9 Å². The lowest BCUT2D eigenvalue weighted by Crippen LogP contribution is -2.54. The predicted octanol–water partition coefficient (Wildman–Crippen LogP) is 2.61. The van der Waals surface area contributed by atoms with Crippen LogP contribution in [-0.2, 0) is 17.8 Å². The van der Waals surface area contributed by atoms with Gasteiger partial charge in [0.15, 0.2) is 0 Å². The molecule has 1 aromatic carbocycles. The molecule has 1 amide bonds. The second-order valence-electron chi connectivity index (χ2n) is 6.59. The number of benzene rings is 1. The lowest BCUT2D eigenvalue weighted by molar-refractivity contribution is -0.126. The molecule has 0 saturated carbocycles. The maximum atomic E-state index is 12.4. The fraction of sp³-hybridized carbons (Fsp3) is 0.450. The molecule has 0 spiro atoms. The van der Waals surface area contributed by atoms with Gasteiger partial charge in [-0.15, -0.1) is 11.3 Å². The number of nitrogens with one attached hydrogen (secondary N) is 1. The van der Waals surface area contributed by atoms with Gasteiger partial charge in [0.2, 0.25) is 5.91 Å². The van der Waals surface area contributed by atoms with Gasteiger partial charge in [0.1, 0.15) is 0 Å². The third kappa shape index (κ3) is 5.39. The molecule has 4 nitrogen and oxygen atoms in total. The van der Waals surface area contributed by atoms with E-state index in [1.165, 1.54) is 10.4 Å². The van der Waals surface area contributed by atoms with E-state index < -0.39 is 0 Å². The van der Waals surface area contributed by atoms with Crippen molar-refractivity contribution < 1.29 is 4.79 Å².